The fourth-order valence-electron chi connectivity index (χ4n) is 7.30. The van der Waals surface area contributed by atoms with E-state index in [0.717, 1.165) is 49.8 Å². The lowest BCUT2D eigenvalue weighted by Gasteiger charge is -2.21. The van der Waals surface area contributed by atoms with Crippen LogP contribution in [0.3, 0.4) is 0 Å². The average Bonchev–Trinajstić information content (AvgIpc) is 3.41. The van der Waals surface area contributed by atoms with Gasteiger partial charge in [0.1, 0.15) is 0 Å². The van der Waals surface area contributed by atoms with Crippen LogP contribution >= 0.6 is 0 Å². The van der Waals surface area contributed by atoms with Crippen LogP contribution in [0.25, 0.3) is 78.4 Å². The summed E-state index contributed by atoms with van der Waals surface area (Å²) in [7, 11) is 0. The second kappa shape index (κ2) is 11.5. The molecule has 0 atom stereocenters. The first-order valence-electron chi connectivity index (χ1n) is 16.6. The molecule has 4 heteroatoms. The predicted octanol–water partition coefficient (Wildman–Crippen LogP) is 11.1. The molecule has 4 nitrogen and oxygen atoms in total. The largest absolute Gasteiger partial charge is 0.256 e. The molecule has 6 aromatic carbocycles. The van der Waals surface area contributed by atoms with Gasteiger partial charge in [0, 0.05) is 39.3 Å². The van der Waals surface area contributed by atoms with E-state index < -0.39 is 0 Å². The molecule has 232 valence electrons. The number of fused-ring (bicyclic) bond motifs is 4. The van der Waals surface area contributed by atoms with Gasteiger partial charge in [-0.2, -0.15) is 0 Å². The fourth-order valence-corrected chi connectivity index (χ4v) is 7.30. The Morgan fingerprint density at radius 3 is 1.86 bits per heavy atom. The van der Waals surface area contributed by atoms with Crippen LogP contribution in [0.1, 0.15) is 25.0 Å². The molecule has 0 N–H and O–H groups in total. The molecule has 0 fully saturated rings. The number of benzene rings is 6. The summed E-state index contributed by atoms with van der Waals surface area (Å²) in [6.45, 7) is 4.60. The van der Waals surface area contributed by atoms with Crippen LogP contribution in [0.4, 0.5) is 0 Å². The number of rotatable bonds is 5. The number of aromatic nitrogens is 4. The molecule has 0 spiro atoms. The highest BCUT2D eigenvalue weighted by atomic mass is 15.0. The molecule has 0 bridgehead atoms. The molecular formula is C45H32N4. The molecule has 9 rings (SSSR count). The summed E-state index contributed by atoms with van der Waals surface area (Å²) in [5, 5.41) is 1.12. The van der Waals surface area contributed by atoms with Crippen LogP contribution < -0.4 is 0 Å². The van der Waals surface area contributed by atoms with Crippen molar-refractivity contribution >= 4 is 10.9 Å². The van der Waals surface area contributed by atoms with Crippen molar-refractivity contribution in [3.05, 3.63) is 169 Å². The average molecular weight is 629 g/mol. The highest BCUT2D eigenvalue weighted by Gasteiger charge is 2.37. The van der Waals surface area contributed by atoms with E-state index in [9.17, 15) is 0 Å². The molecule has 2 heterocycles. The fraction of sp³-hybridized carbons (Fsp3) is 0.0667. The lowest BCUT2D eigenvalue weighted by atomic mass is 9.82. The Morgan fingerprint density at radius 1 is 0.408 bits per heavy atom. The van der Waals surface area contributed by atoms with E-state index in [1.54, 1.807) is 0 Å². The van der Waals surface area contributed by atoms with Gasteiger partial charge >= 0.3 is 0 Å². The first-order chi connectivity index (χ1) is 24.0. The SMILES string of the molecule is CC1(C)c2ccccc2-c2c(-c3nc(-c4ccc(-c5cccc6cccnc56)cc4)nc(-c4cccc(-c5ccccc5)c4)n3)cccc21. The van der Waals surface area contributed by atoms with Crippen LogP contribution in [-0.4, -0.2) is 19.9 Å². The minimum atomic E-state index is -0.128. The molecule has 1 aliphatic carbocycles. The molecule has 2 aromatic heterocycles. The minimum absolute atomic E-state index is 0.128. The van der Waals surface area contributed by atoms with Gasteiger partial charge in [0.25, 0.3) is 0 Å². The van der Waals surface area contributed by atoms with Gasteiger partial charge in [-0.15, -0.1) is 0 Å². The summed E-state index contributed by atoms with van der Waals surface area (Å²) in [6.07, 6.45) is 1.85. The summed E-state index contributed by atoms with van der Waals surface area (Å²) < 4.78 is 0. The van der Waals surface area contributed by atoms with Crippen molar-refractivity contribution in [3.8, 4) is 67.5 Å². The molecule has 8 aromatic rings. The normalized spacial score (nSPS) is 12.9. The molecule has 0 radical (unpaired) electrons. The lowest BCUT2D eigenvalue weighted by Crippen LogP contribution is -2.14. The summed E-state index contributed by atoms with van der Waals surface area (Å²) in [4.78, 5) is 20.2. The second-order valence-corrected chi connectivity index (χ2v) is 13.1. The Kier molecular flexibility index (Phi) is 6.77. The predicted molar refractivity (Wildman–Crippen MR) is 200 cm³/mol. The number of hydrogen-bond donors (Lipinski definition) is 0. The van der Waals surface area contributed by atoms with Crippen molar-refractivity contribution in [2.45, 2.75) is 19.3 Å². The van der Waals surface area contributed by atoms with Crippen molar-refractivity contribution in [1.82, 2.24) is 19.9 Å². The first kappa shape index (κ1) is 28.9. The summed E-state index contributed by atoms with van der Waals surface area (Å²) >= 11 is 0. The standard InChI is InChI=1S/C45H32N4/c1-45(2)38-21-7-6-18-36(38)40-37(20-10-22-39(40)45)44-48-42(47-43(49-44)34-16-8-15-33(28-34)29-12-4-3-5-13-29)32-25-23-30(24-26-32)35-19-9-14-31-17-11-27-46-41(31)35/h3-28H,1-2H3. The third-order valence-corrected chi connectivity index (χ3v) is 9.80. The molecule has 0 amide bonds. The zero-order valence-corrected chi connectivity index (χ0v) is 27.3. The topological polar surface area (TPSA) is 51.6 Å². The number of nitrogens with zero attached hydrogens (tertiary/aromatic N) is 4. The highest BCUT2D eigenvalue weighted by Crippen LogP contribution is 2.51. The van der Waals surface area contributed by atoms with Gasteiger partial charge in [0.2, 0.25) is 0 Å². The Balaban J connectivity index is 1.22. The van der Waals surface area contributed by atoms with Crippen molar-refractivity contribution in [2.75, 3.05) is 0 Å². The minimum Gasteiger partial charge on any atom is -0.256 e. The van der Waals surface area contributed by atoms with Gasteiger partial charge in [0.15, 0.2) is 17.5 Å². The van der Waals surface area contributed by atoms with Crippen molar-refractivity contribution < 1.29 is 0 Å². The van der Waals surface area contributed by atoms with Gasteiger partial charge in [-0.1, -0.05) is 153 Å². The summed E-state index contributed by atoms with van der Waals surface area (Å²) in [5.74, 6) is 1.94. The van der Waals surface area contributed by atoms with Gasteiger partial charge in [-0.05, 0) is 51.1 Å². The van der Waals surface area contributed by atoms with Crippen LogP contribution in [0.2, 0.25) is 0 Å². The maximum atomic E-state index is 5.20. The molecule has 0 unspecified atom stereocenters. The molecule has 0 aliphatic heterocycles. The van der Waals surface area contributed by atoms with Crippen LogP contribution in [0, 0.1) is 0 Å². The molecule has 1 aliphatic rings. The zero-order chi connectivity index (χ0) is 33.0. The third kappa shape index (κ3) is 4.92. The monoisotopic (exact) mass is 628 g/mol. The van der Waals surface area contributed by atoms with E-state index in [2.05, 4.69) is 158 Å². The van der Waals surface area contributed by atoms with E-state index in [0.29, 0.717) is 17.5 Å². The second-order valence-electron chi connectivity index (χ2n) is 13.1. The highest BCUT2D eigenvalue weighted by molar-refractivity contribution is 5.94. The number of pyridine rings is 1. The lowest BCUT2D eigenvalue weighted by molar-refractivity contribution is 0.660. The Labute approximate surface area is 285 Å². The van der Waals surface area contributed by atoms with E-state index in [1.807, 2.05) is 18.3 Å². The van der Waals surface area contributed by atoms with E-state index in [1.165, 1.54) is 22.3 Å². The smallest absolute Gasteiger partial charge is 0.164 e. The van der Waals surface area contributed by atoms with Crippen molar-refractivity contribution in [3.63, 3.8) is 0 Å². The Bertz CT molecular complexity index is 2510. The van der Waals surface area contributed by atoms with E-state index in [-0.39, 0.29) is 5.41 Å². The molecule has 0 saturated heterocycles. The van der Waals surface area contributed by atoms with Crippen molar-refractivity contribution in [2.24, 2.45) is 0 Å². The van der Waals surface area contributed by atoms with Crippen LogP contribution in [0.5, 0.6) is 0 Å². The van der Waals surface area contributed by atoms with E-state index in [4.69, 9.17) is 15.0 Å². The van der Waals surface area contributed by atoms with Crippen molar-refractivity contribution in [1.29, 1.82) is 0 Å². The quantitative estimate of drug-likeness (QED) is 0.190. The van der Waals surface area contributed by atoms with Gasteiger partial charge < -0.3 is 0 Å². The van der Waals surface area contributed by atoms with Crippen LogP contribution in [0.15, 0.2) is 158 Å². The van der Waals surface area contributed by atoms with E-state index >= 15 is 0 Å². The molecular weight excluding hydrogens is 597 g/mol. The molecule has 0 saturated carbocycles. The number of hydrogen-bond acceptors (Lipinski definition) is 4. The third-order valence-electron chi connectivity index (χ3n) is 9.80. The maximum absolute atomic E-state index is 5.20. The Hall–Kier alpha value is -6.26. The first-order valence-corrected chi connectivity index (χ1v) is 16.6. The van der Waals surface area contributed by atoms with Gasteiger partial charge in [0.05, 0.1) is 5.52 Å². The van der Waals surface area contributed by atoms with Gasteiger partial charge in [-0.25, -0.2) is 15.0 Å². The molecule has 49 heavy (non-hydrogen) atoms. The van der Waals surface area contributed by atoms with Gasteiger partial charge in [-0.3, -0.25) is 4.98 Å². The zero-order valence-electron chi connectivity index (χ0n) is 27.3. The number of para-hydroxylation sites is 1. The Morgan fingerprint density at radius 2 is 1.00 bits per heavy atom. The summed E-state index contributed by atoms with van der Waals surface area (Å²) in [6, 6.07) is 53.0. The summed E-state index contributed by atoms with van der Waals surface area (Å²) in [5.41, 5.74) is 13.2. The van der Waals surface area contributed by atoms with Crippen LogP contribution in [-0.2, 0) is 5.41 Å². The maximum Gasteiger partial charge on any atom is 0.164 e.